The molecule has 7 heteroatoms. The molecule has 1 aromatic carbocycles. The SMILES string of the molecule is O=C(c1cc(I)cc(I)c1O)N1CCC(OCCO)CC1. The van der Waals surface area contributed by atoms with Crippen LogP contribution in [0.25, 0.3) is 0 Å². The minimum absolute atomic E-state index is 0.0217. The van der Waals surface area contributed by atoms with E-state index in [1.54, 1.807) is 11.0 Å². The van der Waals surface area contributed by atoms with Crippen LogP contribution in [0.3, 0.4) is 0 Å². The predicted octanol–water partition coefficient (Wildman–Crippen LogP) is 2.21. The number of halogens is 2. The lowest BCUT2D eigenvalue weighted by atomic mass is 10.1. The topological polar surface area (TPSA) is 70.0 Å². The van der Waals surface area contributed by atoms with Crippen LogP contribution < -0.4 is 0 Å². The molecule has 1 saturated heterocycles. The highest BCUT2D eigenvalue weighted by Crippen LogP contribution is 2.29. The molecule has 1 fully saturated rings. The van der Waals surface area contributed by atoms with Gasteiger partial charge < -0.3 is 19.8 Å². The Morgan fingerprint density at radius 3 is 2.62 bits per heavy atom. The molecule has 1 amide bonds. The summed E-state index contributed by atoms with van der Waals surface area (Å²) in [6.07, 6.45) is 1.62. The predicted molar refractivity (Wildman–Crippen MR) is 95.5 cm³/mol. The summed E-state index contributed by atoms with van der Waals surface area (Å²) >= 11 is 4.17. The van der Waals surface area contributed by atoms with Gasteiger partial charge in [-0.15, -0.1) is 0 Å². The lowest BCUT2D eigenvalue weighted by Gasteiger charge is -2.32. The standard InChI is InChI=1S/C14H17I2NO4/c15-9-7-11(13(19)12(16)8-9)14(20)17-3-1-10(2-4-17)21-6-5-18/h7-8,10,18-19H,1-6H2. The van der Waals surface area contributed by atoms with E-state index in [0.29, 0.717) is 28.8 Å². The average molecular weight is 517 g/mol. The Labute approximate surface area is 150 Å². The molecule has 1 aliphatic rings. The highest BCUT2D eigenvalue weighted by molar-refractivity contribution is 14.1. The average Bonchev–Trinajstić information content (AvgIpc) is 2.48. The molecular formula is C14H17I2NO4. The van der Waals surface area contributed by atoms with Crippen LogP contribution in [-0.4, -0.2) is 53.4 Å². The fraction of sp³-hybridized carbons (Fsp3) is 0.500. The van der Waals surface area contributed by atoms with Crippen molar-refractivity contribution in [1.82, 2.24) is 4.90 Å². The van der Waals surface area contributed by atoms with Crippen molar-refractivity contribution in [3.8, 4) is 5.75 Å². The normalized spacial score (nSPS) is 16.2. The summed E-state index contributed by atoms with van der Waals surface area (Å²) in [7, 11) is 0. The van der Waals surface area contributed by atoms with E-state index in [9.17, 15) is 9.90 Å². The minimum Gasteiger partial charge on any atom is -0.506 e. The van der Waals surface area contributed by atoms with Crippen LogP contribution >= 0.6 is 45.2 Å². The van der Waals surface area contributed by atoms with Crippen LogP contribution in [0.15, 0.2) is 12.1 Å². The quantitative estimate of drug-likeness (QED) is 0.602. The largest absolute Gasteiger partial charge is 0.506 e. The summed E-state index contributed by atoms with van der Waals surface area (Å²) < 4.78 is 7.10. The molecular weight excluding hydrogens is 500 g/mol. The number of aromatic hydroxyl groups is 1. The van der Waals surface area contributed by atoms with Crippen molar-refractivity contribution in [1.29, 1.82) is 0 Å². The maximum Gasteiger partial charge on any atom is 0.257 e. The van der Waals surface area contributed by atoms with Crippen molar-refractivity contribution in [2.75, 3.05) is 26.3 Å². The first-order chi connectivity index (χ1) is 10.0. The van der Waals surface area contributed by atoms with Gasteiger partial charge in [0.1, 0.15) is 5.75 Å². The molecule has 0 spiro atoms. The highest BCUT2D eigenvalue weighted by Gasteiger charge is 2.26. The Morgan fingerprint density at radius 2 is 2.00 bits per heavy atom. The van der Waals surface area contributed by atoms with Crippen LogP contribution in [0, 0.1) is 7.14 Å². The first-order valence-corrected chi connectivity index (χ1v) is 8.88. The van der Waals surface area contributed by atoms with Crippen molar-refractivity contribution in [2.24, 2.45) is 0 Å². The molecule has 0 radical (unpaired) electrons. The lowest BCUT2D eigenvalue weighted by molar-refractivity contribution is -0.00558. The number of hydrogen-bond acceptors (Lipinski definition) is 4. The number of phenols is 1. The van der Waals surface area contributed by atoms with Gasteiger partial charge in [-0.2, -0.15) is 0 Å². The van der Waals surface area contributed by atoms with Gasteiger partial charge in [-0.3, -0.25) is 4.79 Å². The minimum atomic E-state index is -0.135. The van der Waals surface area contributed by atoms with Crippen molar-refractivity contribution < 1.29 is 19.7 Å². The third-order valence-electron chi connectivity index (χ3n) is 3.43. The van der Waals surface area contributed by atoms with Crippen molar-refractivity contribution >= 4 is 51.1 Å². The molecule has 1 heterocycles. The second kappa shape index (κ2) is 7.93. The van der Waals surface area contributed by atoms with Gasteiger partial charge >= 0.3 is 0 Å². The molecule has 0 saturated carbocycles. The fourth-order valence-corrected chi connectivity index (χ4v) is 4.19. The zero-order valence-corrected chi connectivity index (χ0v) is 15.7. The number of aliphatic hydroxyl groups excluding tert-OH is 1. The zero-order valence-electron chi connectivity index (χ0n) is 11.4. The molecule has 116 valence electrons. The third kappa shape index (κ3) is 4.42. The van der Waals surface area contributed by atoms with Gasteiger partial charge in [0.25, 0.3) is 5.91 Å². The summed E-state index contributed by atoms with van der Waals surface area (Å²) in [6, 6.07) is 3.55. The first kappa shape index (κ1) is 17.2. The Hall–Kier alpha value is -0.130. The molecule has 21 heavy (non-hydrogen) atoms. The van der Waals surface area contributed by atoms with Gasteiger partial charge in [0.15, 0.2) is 0 Å². The maximum atomic E-state index is 12.5. The van der Waals surface area contributed by atoms with Crippen LogP contribution in [-0.2, 0) is 4.74 Å². The van der Waals surface area contributed by atoms with E-state index in [-0.39, 0.29) is 24.4 Å². The molecule has 2 N–H and O–H groups in total. The van der Waals surface area contributed by atoms with Crippen molar-refractivity contribution in [2.45, 2.75) is 18.9 Å². The van der Waals surface area contributed by atoms with Crippen LogP contribution in [0.4, 0.5) is 0 Å². The molecule has 5 nitrogen and oxygen atoms in total. The van der Waals surface area contributed by atoms with E-state index in [4.69, 9.17) is 9.84 Å². The van der Waals surface area contributed by atoms with Gasteiger partial charge in [0.05, 0.1) is 28.5 Å². The Morgan fingerprint density at radius 1 is 1.33 bits per heavy atom. The molecule has 0 bridgehead atoms. The van der Waals surface area contributed by atoms with Gasteiger partial charge in [-0.25, -0.2) is 0 Å². The fourth-order valence-electron chi connectivity index (χ4n) is 2.34. The summed E-state index contributed by atoms with van der Waals surface area (Å²) in [5, 5.41) is 18.8. The summed E-state index contributed by atoms with van der Waals surface area (Å²) in [6.45, 7) is 1.58. The number of carbonyl (C=O) groups is 1. The number of rotatable bonds is 4. The third-order valence-corrected chi connectivity index (χ3v) is 4.88. The molecule has 1 aromatic rings. The molecule has 0 atom stereocenters. The number of carbonyl (C=O) groups excluding carboxylic acids is 1. The number of piperidine rings is 1. The highest BCUT2D eigenvalue weighted by atomic mass is 127. The molecule has 2 rings (SSSR count). The number of phenolic OH excluding ortho intramolecular Hbond substituents is 1. The summed E-state index contributed by atoms with van der Waals surface area (Å²) in [5.41, 5.74) is 0.362. The Bertz CT molecular complexity index is 516. The molecule has 0 unspecified atom stereocenters. The van der Waals surface area contributed by atoms with Crippen LogP contribution in [0.2, 0.25) is 0 Å². The number of benzene rings is 1. The smallest absolute Gasteiger partial charge is 0.257 e. The van der Waals surface area contributed by atoms with E-state index >= 15 is 0 Å². The van der Waals surface area contributed by atoms with E-state index in [1.165, 1.54) is 0 Å². The second-order valence-electron chi connectivity index (χ2n) is 4.87. The number of hydrogen-bond donors (Lipinski definition) is 2. The second-order valence-corrected chi connectivity index (χ2v) is 7.28. The molecule has 1 aliphatic heterocycles. The van der Waals surface area contributed by atoms with E-state index in [0.717, 1.165) is 16.4 Å². The van der Waals surface area contributed by atoms with Crippen LogP contribution in [0.1, 0.15) is 23.2 Å². The molecule has 0 aliphatic carbocycles. The van der Waals surface area contributed by atoms with Gasteiger partial charge in [-0.1, -0.05) is 0 Å². The molecule has 0 aromatic heterocycles. The van der Waals surface area contributed by atoms with Gasteiger partial charge in [0.2, 0.25) is 0 Å². The number of nitrogens with zero attached hydrogens (tertiary/aromatic N) is 1. The number of aliphatic hydroxyl groups is 1. The van der Waals surface area contributed by atoms with Crippen LogP contribution in [0.5, 0.6) is 5.75 Å². The van der Waals surface area contributed by atoms with Crippen molar-refractivity contribution in [3.63, 3.8) is 0 Å². The number of amides is 1. The van der Waals surface area contributed by atoms with Gasteiger partial charge in [0, 0.05) is 16.7 Å². The summed E-state index contributed by atoms with van der Waals surface area (Å²) in [4.78, 5) is 14.3. The summed E-state index contributed by atoms with van der Waals surface area (Å²) in [5.74, 6) is -0.0794. The lowest BCUT2D eigenvalue weighted by Crippen LogP contribution is -2.41. The van der Waals surface area contributed by atoms with E-state index in [1.807, 2.05) is 28.7 Å². The number of ether oxygens (including phenoxy) is 1. The van der Waals surface area contributed by atoms with E-state index < -0.39 is 0 Å². The Kier molecular flexibility index (Phi) is 6.51. The zero-order chi connectivity index (χ0) is 15.4. The Balaban J connectivity index is 2.02. The number of likely N-dealkylation sites (tertiary alicyclic amines) is 1. The monoisotopic (exact) mass is 517 g/mol. The van der Waals surface area contributed by atoms with E-state index in [2.05, 4.69) is 22.6 Å². The van der Waals surface area contributed by atoms with Gasteiger partial charge in [-0.05, 0) is 70.2 Å². The van der Waals surface area contributed by atoms with Crippen molar-refractivity contribution in [3.05, 3.63) is 24.8 Å². The maximum absolute atomic E-state index is 12.5. The first-order valence-electron chi connectivity index (χ1n) is 6.72.